The Labute approximate surface area is 409 Å². The molecule has 0 spiro atoms. The maximum absolute atomic E-state index is 12.6. The van der Waals surface area contributed by atoms with E-state index in [4.69, 9.17) is 14.2 Å². The number of unbranched alkanes of at least 4 members (excludes halogenated alkanes) is 5. The average molecular weight is 919 g/mol. The first-order chi connectivity index (χ1) is 33.0. The Morgan fingerprint density at radius 1 is 0.328 bits per heavy atom. The van der Waals surface area contributed by atoms with Crippen molar-refractivity contribution >= 4 is 17.9 Å². The van der Waals surface area contributed by atoms with E-state index in [0.717, 1.165) is 122 Å². The lowest BCUT2D eigenvalue weighted by atomic mass is 10.1. The van der Waals surface area contributed by atoms with Crippen molar-refractivity contribution in [3.63, 3.8) is 0 Å². The largest absolute Gasteiger partial charge is 0.462 e. The summed E-state index contributed by atoms with van der Waals surface area (Å²) in [6, 6.07) is 0. The number of hydrogen-bond acceptors (Lipinski definition) is 6. The van der Waals surface area contributed by atoms with Gasteiger partial charge in [-0.1, -0.05) is 217 Å². The lowest BCUT2D eigenvalue weighted by Crippen LogP contribution is -2.30. The van der Waals surface area contributed by atoms with Crippen molar-refractivity contribution in [3.05, 3.63) is 170 Å². The van der Waals surface area contributed by atoms with E-state index in [1.807, 2.05) is 6.08 Å². The lowest BCUT2D eigenvalue weighted by Gasteiger charge is -2.18. The molecule has 0 aromatic heterocycles. The summed E-state index contributed by atoms with van der Waals surface area (Å²) in [5.41, 5.74) is 0. The fourth-order valence-corrected chi connectivity index (χ4v) is 5.99. The van der Waals surface area contributed by atoms with Gasteiger partial charge < -0.3 is 14.2 Å². The minimum Gasteiger partial charge on any atom is -0.462 e. The van der Waals surface area contributed by atoms with E-state index >= 15 is 0 Å². The van der Waals surface area contributed by atoms with Gasteiger partial charge in [0.2, 0.25) is 0 Å². The molecule has 0 heterocycles. The molecule has 6 heteroatoms. The van der Waals surface area contributed by atoms with Gasteiger partial charge in [-0.15, -0.1) is 0 Å². The van der Waals surface area contributed by atoms with E-state index in [-0.39, 0.29) is 38.0 Å². The molecule has 0 radical (unpaired) electrons. The second-order valence-corrected chi connectivity index (χ2v) is 16.0. The molecule has 0 aromatic carbocycles. The number of carbonyl (C=O) groups excluding carboxylic acids is 3. The smallest absolute Gasteiger partial charge is 0.310 e. The van der Waals surface area contributed by atoms with Crippen LogP contribution in [0.1, 0.15) is 175 Å². The summed E-state index contributed by atoms with van der Waals surface area (Å²) in [7, 11) is 0. The summed E-state index contributed by atoms with van der Waals surface area (Å²) < 4.78 is 16.5. The molecule has 1 unspecified atom stereocenters. The van der Waals surface area contributed by atoms with Crippen molar-refractivity contribution in [3.8, 4) is 0 Å². The van der Waals surface area contributed by atoms with Crippen molar-refractivity contribution in [2.24, 2.45) is 0 Å². The van der Waals surface area contributed by atoms with Gasteiger partial charge in [-0.3, -0.25) is 14.4 Å². The minimum absolute atomic E-state index is 0.0760. The van der Waals surface area contributed by atoms with E-state index in [2.05, 4.69) is 179 Å². The second-order valence-electron chi connectivity index (χ2n) is 16.0. The Bertz CT molecular complexity index is 1620. The summed E-state index contributed by atoms with van der Waals surface area (Å²) in [5, 5.41) is 0. The highest BCUT2D eigenvalue weighted by Crippen LogP contribution is 2.09. The van der Waals surface area contributed by atoms with Gasteiger partial charge in [-0.25, -0.2) is 0 Å². The summed E-state index contributed by atoms with van der Waals surface area (Å²) in [6.07, 6.45) is 79.9. The Morgan fingerprint density at radius 3 is 0.970 bits per heavy atom. The van der Waals surface area contributed by atoms with E-state index in [9.17, 15) is 14.4 Å². The molecule has 1 atom stereocenters. The summed E-state index contributed by atoms with van der Waals surface area (Å²) in [5.74, 6) is -1.17. The Morgan fingerprint density at radius 2 is 0.627 bits per heavy atom. The van der Waals surface area contributed by atoms with Gasteiger partial charge in [0.1, 0.15) is 13.2 Å². The van der Waals surface area contributed by atoms with Gasteiger partial charge >= 0.3 is 17.9 Å². The zero-order valence-corrected chi connectivity index (χ0v) is 42.1. The molecule has 6 nitrogen and oxygen atoms in total. The number of esters is 3. The topological polar surface area (TPSA) is 78.9 Å². The van der Waals surface area contributed by atoms with Crippen LogP contribution in [0.5, 0.6) is 0 Å². The van der Waals surface area contributed by atoms with Crippen molar-refractivity contribution in [2.75, 3.05) is 13.2 Å². The van der Waals surface area contributed by atoms with Crippen LogP contribution in [0.15, 0.2) is 170 Å². The quantitative estimate of drug-likeness (QED) is 0.0262. The molecular weight excluding hydrogens is 829 g/mol. The molecule has 67 heavy (non-hydrogen) atoms. The Hall–Kier alpha value is -5.23. The van der Waals surface area contributed by atoms with E-state index in [0.29, 0.717) is 19.3 Å². The van der Waals surface area contributed by atoms with E-state index in [1.54, 1.807) is 6.08 Å². The zero-order chi connectivity index (χ0) is 48.6. The predicted molar refractivity (Wildman–Crippen MR) is 288 cm³/mol. The number of hydrogen-bond donors (Lipinski definition) is 0. The highest BCUT2D eigenvalue weighted by Gasteiger charge is 2.19. The normalized spacial score (nSPS) is 13.5. The maximum atomic E-state index is 12.6. The van der Waals surface area contributed by atoms with Gasteiger partial charge in [0.25, 0.3) is 0 Å². The zero-order valence-electron chi connectivity index (χ0n) is 42.1. The molecule has 0 N–H and O–H groups in total. The van der Waals surface area contributed by atoms with Gasteiger partial charge in [0.15, 0.2) is 6.10 Å². The Balaban J connectivity index is 4.37. The van der Waals surface area contributed by atoms with Crippen LogP contribution in [-0.2, 0) is 28.6 Å². The fourth-order valence-electron chi connectivity index (χ4n) is 5.99. The first kappa shape index (κ1) is 61.8. The lowest BCUT2D eigenvalue weighted by molar-refractivity contribution is -0.166. The van der Waals surface area contributed by atoms with E-state index < -0.39 is 12.1 Å². The summed E-state index contributed by atoms with van der Waals surface area (Å²) >= 11 is 0. The third kappa shape index (κ3) is 51.6. The molecule has 0 rings (SSSR count). The van der Waals surface area contributed by atoms with Gasteiger partial charge in [0.05, 0.1) is 6.42 Å². The van der Waals surface area contributed by atoms with Crippen LogP contribution in [0.25, 0.3) is 0 Å². The monoisotopic (exact) mass is 919 g/mol. The standard InChI is InChI=1S/C61H90O6/c1-4-7-10-13-15-17-19-21-23-24-25-26-27-28-29-30-31-32-33-34-35-36-38-39-41-43-45-48-51-54-60(63)66-57-58(56-65-59(62)53-50-47-12-9-6-3)67-61(64)55-52-49-46-44-42-40-37-22-20-18-16-14-11-8-5-2/h7-8,10-11,15-18,21-23,25-26,28-29,31-32,34-35,37-39,42-45,49,52,58H,4-6,9,12-14,19-20,24,27,30,33,36,40-41,46-48,50-51,53-57H2,1-3H3/b10-7-,11-8-,17-15-,18-16-,23-21-,26-25-,29-28-,32-31-,35-34-,37-22-,39-38-,44-42-,45-43-,52-49-. The molecule has 0 aliphatic rings. The third-order valence-corrected chi connectivity index (χ3v) is 9.75. The molecular formula is C61H90O6. The molecule has 0 bridgehead atoms. The van der Waals surface area contributed by atoms with Crippen molar-refractivity contribution in [1.29, 1.82) is 0 Å². The SMILES string of the molecule is CC/C=C\C/C=C\C/C=C\C/C=C\C/C=C\C/C=C\C/C=C\C/C=C\C/C=C\CCCC(=O)OCC(COC(=O)CCCCCCC)OC(=O)C/C=C\C/C=C\C/C=C\C/C=C\C/C=C\CC. The molecule has 0 saturated heterocycles. The third-order valence-electron chi connectivity index (χ3n) is 9.75. The number of allylic oxidation sites excluding steroid dienone is 27. The van der Waals surface area contributed by atoms with Crippen LogP contribution in [-0.4, -0.2) is 37.2 Å². The minimum atomic E-state index is -0.860. The highest BCUT2D eigenvalue weighted by molar-refractivity contribution is 5.72. The average Bonchev–Trinajstić information content (AvgIpc) is 3.33. The van der Waals surface area contributed by atoms with Crippen LogP contribution >= 0.6 is 0 Å². The number of carbonyl (C=O) groups is 3. The van der Waals surface area contributed by atoms with Gasteiger partial charge in [-0.05, 0) is 109 Å². The molecule has 0 aliphatic carbocycles. The maximum Gasteiger partial charge on any atom is 0.310 e. The van der Waals surface area contributed by atoms with Crippen LogP contribution in [0.4, 0.5) is 0 Å². The van der Waals surface area contributed by atoms with Crippen LogP contribution in [0.2, 0.25) is 0 Å². The molecule has 0 aromatic rings. The molecule has 0 fully saturated rings. The van der Waals surface area contributed by atoms with Crippen LogP contribution in [0.3, 0.4) is 0 Å². The highest BCUT2D eigenvalue weighted by atomic mass is 16.6. The van der Waals surface area contributed by atoms with E-state index in [1.165, 1.54) is 0 Å². The number of rotatable bonds is 43. The number of ether oxygens (including phenoxy) is 3. The van der Waals surface area contributed by atoms with Crippen molar-refractivity contribution in [1.82, 2.24) is 0 Å². The molecule has 370 valence electrons. The predicted octanol–water partition coefficient (Wildman–Crippen LogP) is 17.2. The summed E-state index contributed by atoms with van der Waals surface area (Å²) in [6.45, 7) is 6.14. The Kier molecular flexibility index (Phi) is 49.2. The van der Waals surface area contributed by atoms with Gasteiger partial charge in [0, 0.05) is 12.8 Å². The van der Waals surface area contributed by atoms with Crippen molar-refractivity contribution < 1.29 is 28.6 Å². The van der Waals surface area contributed by atoms with Crippen LogP contribution in [0, 0.1) is 0 Å². The van der Waals surface area contributed by atoms with Gasteiger partial charge in [-0.2, -0.15) is 0 Å². The molecule has 0 amide bonds. The second kappa shape index (κ2) is 53.4. The molecule has 0 saturated carbocycles. The van der Waals surface area contributed by atoms with Crippen LogP contribution < -0.4 is 0 Å². The van der Waals surface area contributed by atoms with Crippen molar-refractivity contribution in [2.45, 2.75) is 181 Å². The first-order valence-corrected chi connectivity index (χ1v) is 25.6. The summed E-state index contributed by atoms with van der Waals surface area (Å²) in [4.78, 5) is 37.5. The fraction of sp³-hybridized carbons (Fsp3) is 0.492. The molecule has 0 aliphatic heterocycles. The first-order valence-electron chi connectivity index (χ1n) is 25.6.